The van der Waals surface area contributed by atoms with E-state index in [2.05, 4.69) is 19.2 Å². The summed E-state index contributed by atoms with van der Waals surface area (Å²) in [5, 5.41) is 18.7. The van der Waals surface area contributed by atoms with Crippen LogP contribution in [0.2, 0.25) is 0 Å². The first-order valence-corrected chi connectivity index (χ1v) is 9.04. The van der Waals surface area contributed by atoms with Crippen LogP contribution in [0.25, 0.3) is 0 Å². The van der Waals surface area contributed by atoms with Crippen molar-refractivity contribution in [2.75, 3.05) is 19.8 Å². The first-order valence-electron chi connectivity index (χ1n) is 6.31. The number of hydrogen-bond donors (Lipinski definition) is 4. The molecular formula is C11H25O5PS. The molecule has 0 aromatic carbocycles. The van der Waals surface area contributed by atoms with Gasteiger partial charge in [-0.3, -0.25) is 0 Å². The standard InChI is InChI=1S/C11H25O5PS/c1-2-3-4-5-6-7-11(8-12,9-13)10-16-17(14,15)18/h12-13H,2-10H2,1H3,(H2,14,15,18). The maximum atomic E-state index is 10.9. The highest BCUT2D eigenvalue weighted by molar-refractivity contribution is 8.44. The van der Waals surface area contributed by atoms with Gasteiger partial charge in [0.25, 0.3) is 0 Å². The van der Waals surface area contributed by atoms with Crippen molar-refractivity contribution in [2.45, 2.75) is 45.4 Å². The maximum Gasteiger partial charge on any atom is 0.383 e. The number of unbranched alkanes of at least 4 members (excludes halogenated alkanes) is 4. The van der Waals surface area contributed by atoms with E-state index in [1.807, 2.05) is 0 Å². The van der Waals surface area contributed by atoms with Gasteiger partial charge in [0.1, 0.15) is 0 Å². The van der Waals surface area contributed by atoms with E-state index >= 15 is 0 Å². The third kappa shape index (κ3) is 8.51. The van der Waals surface area contributed by atoms with Gasteiger partial charge in [-0.15, -0.1) is 0 Å². The summed E-state index contributed by atoms with van der Waals surface area (Å²) in [5.74, 6) is 0. The quantitative estimate of drug-likeness (QED) is 0.267. The highest BCUT2D eigenvalue weighted by atomic mass is 32.7. The fourth-order valence-corrected chi connectivity index (χ4v) is 2.31. The van der Waals surface area contributed by atoms with Gasteiger partial charge in [0.15, 0.2) is 0 Å². The minimum absolute atomic E-state index is 0.162. The Labute approximate surface area is 114 Å². The van der Waals surface area contributed by atoms with Gasteiger partial charge in [0, 0.05) is 5.41 Å². The Hall–Kier alpha value is 0.420. The molecule has 0 aliphatic carbocycles. The molecule has 7 heteroatoms. The molecular weight excluding hydrogens is 275 g/mol. The lowest BCUT2D eigenvalue weighted by atomic mass is 9.85. The Kier molecular flexibility index (Phi) is 9.56. The molecule has 0 radical (unpaired) electrons. The van der Waals surface area contributed by atoms with E-state index in [0.29, 0.717) is 6.42 Å². The summed E-state index contributed by atoms with van der Waals surface area (Å²) in [6.45, 7) is -2.44. The molecule has 18 heavy (non-hydrogen) atoms. The first kappa shape index (κ1) is 18.4. The molecule has 0 amide bonds. The third-order valence-corrected chi connectivity index (χ3v) is 3.83. The fraction of sp³-hybridized carbons (Fsp3) is 1.00. The van der Waals surface area contributed by atoms with Gasteiger partial charge >= 0.3 is 6.80 Å². The Morgan fingerprint density at radius 1 is 1.17 bits per heavy atom. The average Bonchev–Trinajstić information content (AvgIpc) is 2.32. The largest absolute Gasteiger partial charge is 0.396 e. The Morgan fingerprint density at radius 3 is 2.17 bits per heavy atom. The molecule has 0 aliphatic rings. The Morgan fingerprint density at radius 2 is 1.72 bits per heavy atom. The van der Waals surface area contributed by atoms with Gasteiger partial charge in [0.2, 0.25) is 0 Å². The van der Waals surface area contributed by atoms with Crippen molar-refractivity contribution in [1.82, 2.24) is 0 Å². The second-order valence-corrected chi connectivity index (χ2v) is 7.50. The van der Waals surface area contributed by atoms with Crippen LogP contribution in [-0.2, 0) is 9.09 Å². The van der Waals surface area contributed by atoms with E-state index in [0.717, 1.165) is 25.7 Å². The van der Waals surface area contributed by atoms with Crippen LogP contribution in [-0.4, -0.2) is 34.9 Å². The maximum absolute atomic E-state index is 10.9. The van der Waals surface area contributed by atoms with Crippen LogP contribution < -0.4 is 0 Å². The normalized spacial score (nSPS) is 15.6. The molecule has 3 N–H and O–H groups in total. The van der Waals surface area contributed by atoms with E-state index < -0.39 is 12.2 Å². The number of thiol groups is 1. The molecule has 0 saturated carbocycles. The zero-order valence-corrected chi connectivity index (χ0v) is 12.7. The molecule has 0 aromatic heterocycles. The van der Waals surface area contributed by atoms with Crippen molar-refractivity contribution in [1.29, 1.82) is 0 Å². The summed E-state index contributed by atoms with van der Waals surface area (Å²) in [6.07, 6.45) is 5.89. The molecule has 0 aromatic rings. The summed E-state index contributed by atoms with van der Waals surface area (Å²) in [7, 11) is 0. The second kappa shape index (κ2) is 9.34. The molecule has 5 nitrogen and oxygen atoms in total. The molecule has 0 fully saturated rings. The van der Waals surface area contributed by atoms with Crippen LogP contribution in [0.1, 0.15) is 45.4 Å². The number of aliphatic hydroxyl groups is 2. The van der Waals surface area contributed by atoms with Crippen molar-refractivity contribution in [3.8, 4) is 0 Å². The molecule has 0 saturated heterocycles. The molecule has 0 aliphatic heterocycles. The molecule has 0 heterocycles. The van der Waals surface area contributed by atoms with E-state index in [4.69, 9.17) is 9.42 Å². The van der Waals surface area contributed by atoms with E-state index in [-0.39, 0.29) is 19.8 Å². The van der Waals surface area contributed by atoms with E-state index in [1.54, 1.807) is 0 Å². The van der Waals surface area contributed by atoms with Crippen molar-refractivity contribution in [3.63, 3.8) is 0 Å². The van der Waals surface area contributed by atoms with Crippen LogP contribution in [0.3, 0.4) is 0 Å². The molecule has 110 valence electrons. The molecule has 0 bridgehead atoms. The van der Waals surface area contributed by atoms with Gasteiger partial charge < -0.3 is 19.6 Å². The van der Waals surface area contributed by atoms with Crippen LogP contribution in [0.5, 0.6) is 0 Å². The average molecular weight is 300 g/mol. The van der Waals surface area contributed by atoms with Crippen LogP contribution in [0, 0.1) is 5.41 Å². The molecule has 1 atom stereocenters. The summed E-state index contributed by atoms with van der Waals surface area (Å²) < 4.78 is 15.7. The van der Waals surface area contributed by atoms with Crippen molar-refractivity contribution in [3.05, 3.63) is 0 Å². The monoisotopic (exact) mass is 300 g/mol. The highest BCUT2D eigenvalue weighted by Gasteiger charge is 2.31. The van der Waals surface area contributed by atoms with Gasteiger partial charge in [0.05, 0.1) is 19.8 Å². The topological polar surface area (TPSA) is 87.0 Å². The second-order valence-electron chi connectivity index (χ2n) is 4.74. The van der Waals surface area contributed by atoms with Gasteiger partial charge in [-0.2, -0.15) is 0 Å². The van der Waals surface area contributed by atoms with E-state index in [1.165, 1.54) is 6.42 Å². The number of aliphatic hydroxyl groups excluding tert-OH is 2. The van der Waals surface area contributed by atoms with Gasteiger partial charge in [-0.05, 0) is 6.42 Å². The van der Waals surface area contributed by atoms with Crippen LogP contribution >= 0.6 is 19.0 Å². The van der Waals surface area contributed by atoms with Crippen LogP contribution in [0.4, 0.5) is 0 Å². The van der Waals surface area contributed by atoms with Crippen molar-refractivity contribution >= 4 is 19.0 Å². The third-order valence-electron chi connectivity index (χ3n) is 3.02. The number of rotatable bonds is 11. The van der Waals surface area contributed by atoms with Crippen molar-refractivity contribution < 1.29 is 24.2 Å². The predicted octanol–water partition coefficient (Wildman–Crippen LogP) is 2.36. The summed E-state index contributed by atoms with van der Waals surface area (Å²) in [4.78, 5) is 8.95. The zero-order chi connectivity index (χ0) is 14.1. The highest BCUT2D eigenvalue weighted by Crippen LogP contribution is 2.48. The SMILES string of the molecule is CCCCCCCC(CO)(CO)COP(=O)(O)S. The molecule has 0 spiro atoms. The lowest BCUT2D eigenvalue weighted by molar-refractivity contribution is 0.00475. The minimum atomic E-state index is -3.87. The predicted molar refractivity (Wildman–Crippen MR) is 74.7 cm³/mol. The Bertz CT molecular complexity index is 252. The number of hydrogen-bond acceptors (Lipinski definition) is 4. The Balaban J connectivity index is 4.13. The van der Waals surface area contributed by atoms with Crippen molar-refractivity contribution in [2.24, 2.45) is 5.41 Å². The van der Waals surface area contributed by atoms with Gasteiger partial charge in [-0.25, -0.2) is 4.57 Å². The lowest BCUT2D eigenvalue weighted by Crippen LogP contribution is -2.34. The minimum Gasteiger partial charge on any atom is -0.396 e. The fourth-order valence-electron chi connectivity index (χ4n) is 1.70. The summed E-state index contributed by atoms with van der Waals surface area (Å²) in [5.41, 5.74) is -0.854. The summed E-state index contributed by atoms with van der Waals surface area (Å²) in [6, 6.07) is 0. The molecule has 1 unspecified atom stereocenters. The first-order chi connectivity index (χ1) is 8.39. The molecule has 0 rings (SSSR count). The van der Waals surface area contributed by atoms with Crippen LogP contribution in [0.15, 0.2) is 0 Å². The zero-order valence-electron chi connectivity index (χ0n) is 10.9. The van der Waals surface area contributed by atoms with E-state index in [9.17, 15) is 14.8 Å². The lowest BCUT2D eigenvalue weighted by Gasteiger charge is -2.29. The van der Waals surface area contributed by atoms with Gasteiger partial charge in [-0.1, -0.05) is 51.3 Å². The summed E-state index contributed by atoms with van der Waals surface area (Å²) >= 11 is 3.41. The smallest absolute Gasteiger partial charge is 0.383 e.